The number of nitrogens with zero attached hydrogens (tertiary/aromatic N) is 2. The largest absolute Gasteiger partial charge is 0.350 e. The SMILES string of the molecule is CC(c1ccccc1)N1CCC(C=CC(=O)c2cn(C)c3ccc(Cl)cc23)CC1. The molecule has 1 unspecified atom stereocenters. The Morgan fingerprint density at radius 2 is 1.86 bits per heavy atom. The fourth-order valence-electron chi connectivity index (χ4n) is 4.32. The molecular formula is C25H27ClN2O. The topological polar surface area (TPSA) is 25.2 Å². The molecule has 0 N–H and O–H groups in total. The molecule has 0 bridgehead atoms. The van der Waals surface area contributed by atoms with Gasteiger partial charge in [-0.25, -0.2) is 0 Å². The third-order valence-electron chi connectivity index (χ3n) is 6.14. The molecule has 1 saturated heterocycles. The second-order valence-corrected chi connectivity index (χ2v) is 8.44. The number of benzene rings is 2. The first-order chi connectivity index (χ1) is 14.0. The van der Waals surface area contributed by atoms with Gasteiger partial charge in [-0.3, -0.25) is 9.69 Å². The normalized spacial score (nSPS) is 17.2. The number of fused-ring (bicyclic) bond motifs is 1. The highest BCUT2D eigenvalue weighted by molar-refractivity contribution is 6.31. The molecule has 1 atom stereocenters. The Kier molecular flexibility index (Phi) is 5.89. The summed E-state index contributed by atoms with van der Waals surface area (Å²) in [4.78, 5) is 15.4. The van der Waals surface area contributed by atoms with Crippen LogP contribution >= 0.6 is 11.6 Å². The minimum atomic E-state index is 0.0537. The molecular weight excluding hydrogens is 380 g/mol. The number of halogens is 1. The summed E-state index contributed by atoms with van der Waals surface area (Å²) in [6.07, 6.45) is 7.94. The van der Waals surface area contributed by atoms with E-state index in [0.717, 1.165) is 42.4 Å². The summed E-state index contributed by atoms with van der Waals surface area (Å²) in [5.41, 5.74) is 3.11. The number of ketones is 1. The van der Waals surface area contributed by atoms with Crippen LogP contribution in [0.5, 0.6) is 0 Å². The van der Waals surface area contributed by atoms with E-state index in [4.69, 9.17) is 11.6 Å². The number of likely N-dealkylation sites (tertiary alicyclic amines) is 1. The molecule has 3 aromatic rings. The van der Waals surface area contributed by atoms with Crippen molar-refractivity contribution in [2.75, 3.05) is 13.1 Å². The summed E-state index contributed by atoms with van der Waals surface area (Å²) in [7, 11) is 1.96. The molecule has 1 aliphatic heterocycles. The molecule has 2 aromatic carbocycles. The van der Waals surface area contributed by atoms with E-state index in [1.165, 1.54) is 5.56 Å². The Hall–Kier alpha value is -2.36. The Bertz CT molecular complexity index is 1030. The second kappa shape index (κ2) is 8.56. The highest BCUT2D eigenvalue weighted by atomic mass is 35.5. The molecule has 0 saturated carbocycles. The van der Waals surface area contributed by atoms with Gasteiger partial charge in [-0.05, 0) is 68.6 Å². The molecule has 0 aliphatic carbocycles. The summed E-state index contributed by atoms with van der Waals surface area (Å²) in [5.74, 6) is 0.509. The van der Waals surface area contributed by atoms with Crippen molar-refractivity contribution in [3.05, 3.63) is 83.0 Å². The van der Waals surface area contributed by atoms with Gasteiger partial charge in [0.1, 0.15) is 0 Å². The third-order valence-corrected chi connectivity index (χ3v) is 6.38. The molecule has 29 heavy (non-hydrogen) atoms. The van der Waals surface area contributed by atoms with Gasteiger partial charge in [0.25, 0.3) is 0 Å². The highest BCUT2D eigenvalue weighted by Crippen LogP contribution is 2.28. The van der Waals surface area contributed by atoms with E-state index in [2.05, 4.69) is 48.2 Å². The summed E-state index contributed by atoms with van der Waals surface area (Å²) < 4.78 is 1.98. The zero-order valence-corrected chi connectivity index (χ0v) is 17.8. The lowest BCUT2D eigenvalue weighted by Gasteiger charge is -2.35. The van der Waals surface area contributed by atoms with Gasteiger partial charge in [-0.2, -0.15) is 0 Å². The van der Waals surface area contributed by atoms with Gasteiger partial charge in [-0.1, -0.05) is 48.0 Å². The first-order valence-electron chi connectivity index (χ1n) is 10.3. The van der Waals surface area contributed by atoms with E-state index in [9.17, 15) is 4.79 Å². The molecule has 0 spiro atoms. The lowest BCUT2D eigenvalue weighted by atomic mass is 9.93. The number of aryl methyl sites for hydroxylation is 1. The number of hydrogen-bond acceptors (Lipinski definition) is 2. The van der Waals surface area contributed by atoms with E-state index >= 15 is 0 Å². The van der Waals surface area contributed by atoms with Crippen LogP contribution in [-0.4, -0.2) is 28.3 Å². The molecule has 2 heterocycles. The van der Waals surface area contributed by atoms with Crippen LogP contribution < -0.4 is 0 Å². The van der Waals surface area contributed by atoms with Crippen molar-refractivity contribution in [1.29, 1.82) is 0 Å². The van der Waals surface area contributed by atoms with Crippen molar-refractivity contribution in [1.82, 2.24) is 9.47 Å². The number of carbonyl (C=O) groups is 1. The smallest absolute Gasteiger partial charge is 0.187 e. The maximum atomic E-state index is 12.8. The quantitative estimate of drug-likeness (QED) is 0.381. The van der Waals surface area contributed by atoms with Crippen molar-refractivity contribution in [2.45, 2.75) is 25.8 Å². The average molecular weight is 407 g/mol. The van der Waals surface area contributed by atoms with Crippen molar-refractivity contribution >= 4 is 28.3 Å². The van der Waals surface area contributed by atoms with Crippen LogP contribution in [-0.2, 0) is 7.05 Å². The number of rotatable bonds is 5. The molecule has 0 amide bonds. The van der Waals surface area contributed by atoms with Crippen molar-refractivity contribution in [3.63, 3.8) is 0 Å². The lowest BCUT2D eigenvalue weighted by molar-refractivity contribution is 0.104. The number of aromatic nitrogens is 1. The average Bonchev–Trinajstić information content (AvgIpc) is 3.08. The molecule has 4 heteroatoms. The molecule has 1 fully saturated rings. The van der Waals surface area contributed by atoms with Gasteiger partial charge < -0.3 is 4.57 Å². The molecule has 0 radical (unpaired) electrons. The standard InChI is InChI=1S/C25H27ClN2O/c1-18(20-6-4-3-5-7-20)28-14-12-19(13-15-28)8-11-25(29)23-17-27(2)24-10-9-21(26)16-22(23)24/h3-11,16-19H,12-15H2,1-2H3. The molecule has 1 aromatic heterocycles. The first kappa shape index (κ1) is 19.9. The minimum Gasteiger partial charge on any atom is -0.350 e. The van der Waals surface area contributed by atoms with E-state index < -0.39 is 0 Å². The lowest BCUT2D eigenvalue weighted by Crippen LogP contribution is -2.35. The summed E-state index contributed by atoms with van der Waals surface area (Å²) in [6.45, 7) is 4.40. The van der Waals surface area contributed by atoms with Crippen LogP contribution in [0.25, 0.3) is 10.9 Å². The zero-order chi connectivity index (χ0) is 20.4. The second-order valence-electron chi connectivity index (χ2n) is 8.00. The van der Waals surface area contributed by atoms with Crippen LogP contribution in [0, 0.1) is 5.92 Å². The number of allylic oxidation sites excluding steroid dienone is 2. The van der Waals surface area contributed by atoms with Gasteiger partial charge >= 0.3 is 0 Å². The minimum absolute atomic E-state index is 0.0537. The predicted octanol–water partition coefficient (Wildman–Crippen LogP) is 6.04. The zero-order valence-electron chi connectivity index (χ0n) is 17.0. The Morgan fingerprint density at radius 3 is 2.59 bits per heavy atom. The van der Waals surface area contributed by atoms with E-state index in [0.29, 0.717) is 17.0 Å². The maximum Gasteiger partial charge on any atom is 0.187 e. The first-order valence-corrected chi connectivity index (χ1v) is 10.7. The van der Waals surface area contributed by atoms with Gasteiger partial charge in [0.2, 0.25) is 0 Å². The van der Waals surface area contributed by atoms with Gasteiger partial charge in [0.15, 0.2) is 5.78 Å². The molecule has 1 aliphatic rings. The van der Waals surface area contributed by atoms with Gasteiger partial charge in [0.05, 0.1) is 0 Å². The maximum absolute atomic E-state index is 12.8. The molecule has 4 rings (SSSR count). The summed E-state index contributed by atoms with van der Waals surface area (Å²) in [5, 5.41) is 1.57. The predicted molar refractivity (Wildman–Crippen MR) is 121 cm³/mol. The van der Waals surface area contributed by atoms with Crippen LogP contribution in [0.3, 0.4) is 0 Å². The van der Waals surface area contributed by atoms with Crippen LogP contribution in [0.1, 0.15) is 41.7 Å². The van der Waals surface area contributed by atoms with Crippen molar-refractivity contribution < 1.29 is 4.79 Å². The van der Waals surface area contributed by atoms with Crippen LogP contribution in [0.15, 0.2) is 66.9 Å². The monoisotopic (exact) mass is 406 g/mol. The van der Waals surface area contributed by atoms with Crippen molar-refractivity contribution in [3.8, 4) is 0 Å². The van der Waals surface area contributed by atoms with Crippen molar-refractivity contribution in [2.24, 2.45) is 13.0 Å². The Balaban J connectivity index is 1.40. The molecule has 3 nitrogen and oxygen atoms in total. The number of carbonyl (C=O) groups excluding carboxylic acids is 1. The van der Waals surface area contributed by atoms with E-state index in [-0.39, 0.29) is 5.78 Å². The fourth-order valence-corrected chi connectivity index (χ4v) is 4.49. The number of hydrogen-bond donors (Lipinski definition) is 0. The van der Waals surface area contributed by atoms with Gasteiger partial charge in [-0.15, -0.1) is 0 Å². The molecule has 150 valence electrons. The Morgan fingerprint density at radius 1 is 1.14 bits per heavy atom. The van der Waals surface area contributed by atoms with Gasteiger partial charge in [0, 0.05) is 40.8 Å². The Labute approximate surface area is 177 Å². The highest BCUT2D eigenvalue weighted by Gasteiger charge is 2.22. The van der Waals surface area contributed by atoms with E-state index in [1.807, 2.05) is 36.0 Å². The number of piperidine rings is 1. The van der Waals surface area contributed by atoms with Crippen LogP contribution in [0.2, 0.25) is 5.02 Å². The fraction of sp³-hybridized carbons (Fsp3) is 0.320. The summed E-state index contributed by atoms with van der Waals surface area (Å²) >= 11 is 6.14. The van der Waals surface area contributed by atoms with Crippen LogP contribution in [0.4, 0.5) is 0 Å². The summed E-state index contributed by atoms with van der Waals surface area (Å²) in [6, 6.07) is 16.8. The van der Waals surface area contributed by atoms with E-state index in [1.54, 1.807) is 6.08 Å². The third kappa shape index (κ3) is 4.31.